The van der Waals surface area contributed by atoms with Crippen LogP contribution in [0.1, 0.15) is 18.1 Å². The third kappa shape index (κ3) is 5.13. The molecule has 0 bridgehead atoms. The Morgan fingerprint density at radius 2 is 2.00 bits per heavy atom. The molecule has 3 aromatic rings. The molecule has 7 heteroatoms. The van der Waals surface area contributed by atoms with E-state index in [9.17, 15) is 4.79 Å². The van der Waals surface area contributed by atoms with Gasteiger partial charge in [-0.2, -0.15) is 4.98 Å². The van der Waals surface area contributed by atoms with Crippen LogP contribution in [0.5, 0.6) is 5.75 Å². The summed E-state index contributed by atoms with van der Waals surface area (Å²) in [5, 5.41) is 4.40. The molecule has 0 saturated carbocycles. The molecular formula is C21H23N3O3S. The summed E-state index contributed by atoms with van der Waals surface area (Å²) in [5.74, 6) is 1.61. The lowest BCUT2D eigenvalue weighted by molar-refractivity contribution is -0.128. The number of methoxy groups -OCH3 is 1. The van der Waals surface area contributed by atoms with Crippen LogP contribution in [0, 0.1) is 6.92 Å². The van der Waals surface area contributed by atoms with Gasteiger partial charge in [0, 0.05) is 18.7 Å². The molecule has 146 valence electrons. The summed E-state index contributed by atoms with van der Waals surface area (Å²) in [5.41, 5.74) is 3.08. The Morgan fingerprint density at radius 1 is 1.21 bits per heavy atom. The molecular weight excluding hydrogens is 374 g/mol. The average Bonchev–Trinajstić information content (AvgIpc) is 3.20. The summed E-state index contributed by atoms with van der Waals surface area (Å²) in [6.45, 7) is 5.16. The Balaban J connectivity index is 1.57. The third-order valence-electron chi connectivity index (χ3n) is 4.27. The van der Waals surface area contributed by atoms with Gasteiger partial charge in [-0.25, -0.2) is 0 Å². The zero-order valence-corrected chi connectivity index (χ0v) is 17.0. The highest BCUT2D eigenvalue weighted by molar-refractivity contribution is 7.99. The minimum atomic E-state index is 0.0265. The molecule has 3 rings (SSSR count). The zero-order chi connectivity index (χ0) is 19.9. The second-order valence-corrected chi connectivity index (χ2v) is 7.22. The first-order valence-electron chi connectivity index (χ1n) is 9.03. The maximum Gasteiger partial charge on any atom is 0.286 e. The smallest absolute Gasteiger partial charge is 0.286 e. The fourth-order valence-electron chi connectivity index (χ4n) is 2.71. The van der Waals surface area contributed by atoms with E-state index in [1.165, 1.54) is 11.8 Å². The van der Waals surface area contributed by atoms with Gasteiger partial charge < -0.3 is 14.2 Å². The lowest BCUT2D eigenvalue weighted by atomic mass is 10.1. The van der Waals surface area contributed by atoms with Gasteiger partial charge >= 0.3 is 0 Å². The van der Waals surface area contributed by atoms with Gasteiger partial charge in [0.15, 0.2) is 0 Å². The summed E-state index contributed by atoms with van der Waals surface area (Å²) in [7, 11) is 1.63. The minimum Gasteiger partial charge on any atom is -0.497 e. The van der Waals surface area contributed by atoms with Crippen molar-refractivity contribution in [2.75, 3.05) is 19.4 Å². The molecule has 0 radical (unpaired) electrons. The fourth-order valence-corrected chi connectivity index (χ4v) is 3.38. The van der Waals surface area contributed by atoms with Crippen molar-refractivity contribution < 1.29 is 14.1 Å². The first kappa shape index (κ1) is 19.9. The molecule has 2 aromatic carbocycles. The minimum absolute atomic E-state index is 0.0265. The van der Waals surface area contributed by atoms with E-state index in [0.717, 1.165) is 22.4 Å². The SMILES string of the molecule is CCN(Cc1ccc(OC)cc1)C(=O)CSc1nc(-c2cccc(C)c2)no1. The van der Waals surface area contributed by atoms with Crippen LogP contribution >= 0.6 is 11.8 Å². The van der Waals surface area contributed by atoms with Crippen molar-refractivity contribution >= 4 is 17.7 Å². The van der Waals surface area contributed by atoms with Gasteiger partial charge in [-0.1, -0.05) is 52.8 Å². The van der Waals surface area contributed by atoms with E-state index in [1.54, 1.807) is 12.0 Å². The molecule has 0 saturated heterocycles. The van der Waals surface area contributed by atoms with Gasteiger partial charge in [0.1, 0.15) is 5.75 Å². The van der Waals surface area contributed by atoms with Crippen molar-refractivity contribution in [3.8, 4) is 17.1 Å². The quantitative estimate of drug-likeness (QED) is 0.531. The van der Waals surface area contributed by atoms with E-state index in [2.05, 4.69) is 10.1 Å². The predicted molar refractivity (Wildman–Crippen MR) is 109 cm³/mol. The third-order valence-corrected chi connectivity index (χ3v) is 5.07. The van der Waals surface area contributed by atoms with Crippen LogP contribution < -0.4 is 4.74 Å². The summed E-state index contributed by atoms with van der Waals surface area (Å²) in [6, 6.07) is 15.6. The number of nitrogens with zero attached hydrogens (tertiary/aromatic N) is 3. The molecule has 0 aliphatic heterocycles. The molecule has 6 nitrogen and oxygen atoms in total. The first-order valence-corrected chi connectivity index (χ1v) is 10.0. The van der Waals surface area contributed by atoms with Crippen LogP contribution in [0.25, 0.3) is 11.4 Å². The van der Waals surface area contributed by atoms with E-state index in [-0.39, 0.29) is 11.7 Å². The van der Waals surface area contributed by atoms with Crippen LogP contribution in [-0.2, 0) is 11.3 Å². The Morgan fingerprint density at radius 3 is 2.68 bits per heavy atom. The highest BCUT2D eigenvalue weighted by Gasteiger charge is 2.16. The van der Waals surface area contributed by atoms with Crippen LogP contribution in [0.3, 0.4) is 0 Å². The molecule has 0 aliphatic rings. The lowest BCUT2D eigenvalue weighted by Crippen LogP contribution is -2.31. The fraction of sp³-hybridized carbons (Fsp3) is 0.286. The number of aryl methyl sites for hydroxylation is 1. The highest BCUT2D eigenvalue weighted by Crippen LogP contribution is 2.22. The van der Waals surface area contributed by atoms with E-state index < -0.39 is 0 Å². The number of amides is 1. The van der Waals surface area contributed by atoms with Crippen LogP contribution in [0.15, 0.2) is 58.3 Å². The van der Waals surface area contributed by atoms with Gasteiger partial charge in [0.2, 0.25) is 11.7 Å². The topological polar surface area (TPSA) is 68.5 Å². The predicted octanol–water partition coefficient (Wildman–Crippen LogP) is 4.19. The number of carbonyl (C=O) groups is 1. The highest BCUT2D eigenvalue weighted by atomic mass is 32.2. The maximum absolute atomic E-state index is 12.6. The number of carbonyl (C=O) groups excluding carboxylic acids is 1. The Labute approximate surface area is 168 Å². The number of ether oxygens (including phenoxy) is 1. The molecule has 1 heterocycles. The van der Waals surface area contributed by atoms with Crippen LogP contribution in [0.4, 0.5) is 0 Å². The molecule has 0 aliphatic carbocycles. The summed E-state index contributed by atoms with van der Waals surface area (Å²) >= 11 is 1.26. The number of hydrogen-bond acceptors (Lipinski definition) is 6. The van der Waals surface area contributed by atoms with Crippen molar-refractivity contribution in [1.82, 2.24) is 15.0 Å². The van der Waals surface area contributed by atoms with Crippen molar-refractivity contribution in [3.05, 3.63) is 59.7 Å². The Bertz CT molecular complexity index is 925. The van der Waals surface area contributed by atoms with Gasteiger partial charge in [-0.05, 0) is 37.6 Å². The van der Waals surface area contributed by atoms with Crippen molar-refractivity contribution in [2.45, 2.75) is 25.6 Å². The molecule has 1 amide bonds. The Hall–Kier alpha value is -2.80. The second kappa shape index (κ2) is 9.41. The molecule has 28 heavy (non-hydrogen) atoms. The molecule has 0 N–H and O–H groups in total. The van der Waals surface area contributed by atoms with E-state index >= 15 is 0 Å². The maximum atomic E-state index is 12.6. The Kier molecular flexibility index (Phi) is 6.71. The van der Waals surface area contributed by atoms with E-state index in [1.807, 2.05) is 62.4 Å². The number of hydrogen-bond donors (Lipinski definition) is 0. The normalized spacial score (nSPS) is 10.7. The van der Waals surface area contributed by atoms with Gasteiger partial charge in [0.25, 0.3) is 5.22 Å². The van der Waals surface area contributed by atoms with E-state index in [0.29, 0.717) is 24.1 Å². The zero-order valence-electron chi connectivity index (χ0n) is 16.2. The summed E-state index contributed by atoms with van der Waals surface area (Å²) < 4.78 is 10.5. The standard InChI is InChI=1S/C21H23N3O3S/c1-4-24(13-16-8-10-18(26-3)11-9-16)19(25)14-28-21-22-20(23-27-21)17-7-5-6-15(2)12-17/h5-12H,4,13-14H2,1-3H3. The second-order valence-electron chi connectivity index (χ2n) is 6.30. The van der Waals surface area contributed by atoms with Crippen molar-refractivity contribution in [2.24, 2.45) is 0 Å². The average molecular weight is 398 g/mol. The molecule has 1 aromatic heterocycles. The molecule has 0 atom stereocenters. The summed E-state index contributed by atoms with van der Waals surface area (Å²) in [6.07, 6.45) is 0. The monoisotopic (exact) mass is 397 g/mol. The molecule has 0 unspecified atom stereocenters. The van der Waals surface area contributed by atoms with Crippen molar-refractivity contribution in [3.63, 3.8) is 0 Å². The number of aromatic nitrogens is 2. The number of rotatable bonds is 8. The largest absolute Gasteiger partial charge is 0.497 e. The van der Waals surface area contributed by atoms with Gasteiger partial charge in [-0.3, -0.25) is 4.79 Å². The number of thioether (sulfide) groups is 1. The van der Waals surface area contributed by atoms with Gasteiger partial charge in [-0.15, -0.1) is 0 Å². The van der Waals surface area contributed by atoms with Crippen LogP contribution in [-0.4, -0.2) is 40.4 Å². The van der Waals surface area contributed by atoms with Gasteiger partial charge in [0.05, 0.1) is 12.9 Å². The first-order chi connectivity index (χ1) is 13.6. The number of benzene rings is 2. The summed E-state index contributed by atoms with van der Waals surface area (Å²) in [4.78, 5) is 18.8. The van der Waals surface area contributed by atoms with Crippen LogP contribution in [0.2, 0.25) is 0 Å². The molecule has 0 fully saturated rings. The molecule has 0 spiro atoms. The van der Waals surface area contributed by atoms with Crippen molar-refractivity contribution in [1.29, 1.82) is 0 Å². The lowest BCUT2D eigenvalue weighted by Gasteiger charge is -2.20. The van der Waals surface area contributed by atoms with E-state index in [4.69, 9.17) is 9.26 Å².